The molecule has 84 valence electrons. The summed E-state index contributed by atoms with van der Waals surface area (Å²) in [5.74, 6) is 1.24. The van der Waals surface area contributed by atoms with E-state index >= 15 is 0 Å². The Morgan fingerprint density at radius 3 is 2.87 bits per heavy atom. The van der Waals surface area contributed by atoms with Gasteiger partial charge in [-0.2, -0.15) is 0 Å². The molecule has 1 aromatic heterocycles. The van der Waals surface area contributed by atoms with Gasteiger partial charge in [0.1, 0.15) is 5.82 Å². The van der Waals surface area contributed by atoms with Crippen molar-refractivity contribution in [2.75, 3.05) is 23.1 Å². The maximum absolute atomic E-state index is 10.9. The fourth-order valence-corrected chi connectivity index (χ4v) is 1.88. The number of nitrogens with two attached hydrogens (primary N) is 1. The second-order valence-corrected chi connectivity index (χ2v) is 5.14. The first-order chi connectivity index (χ1) is 7.08. The summed E-state index contributed by atoms with van der Waals surface area (Å²) >= 11 is 0. The minimum Gasteiger partial charge on any atom is -0.384 e. The topological polar surface area (TPSA) is 68.0 Å². The van der Waals surface area contributed by atoms with Gasteiger partial charge >= 0.3 is 0 Å². The highest BCUT2D eigenvalue weighted by atomic mass is 32.2. The Bertz CT molecular complexity index is 326. The number of hydrogen-bond acceptors (Lipinski definition) is 4. The van der Waals surface area contributed by atoms with Crippen LogP contribution in [0.5, 0.6) is 0 Å². The van der Waals surface area contributed by atoms with Crippen molar-refractivity contribution in [1.82, 2.24) is 4.98 Å². The van der Waals surface area contributed by atoms with Gasteiger partial charge in [0.15, 0.2) is 0 Å². The predicted molar refractivity (Wildman–Crippen MR) is 65.3 cm³/mol. The molecule has 1 heterocycles. The lowest BCUT2D eigenvalue weighted by Crippen LogP contribution is -2.17. The number of rotatable bonds is 5. The molecule has 4 nitrogen and oxygen atoms in total. The van der Waals surface area contributed by atoms with Crippen LogP contribution in [-0.4, -0.2) is 27.2 Å². The summed E-state index contributed by atoms with van der Waals surface area (Å²) in [7, 11) is -0.723. The monoisotopic (exact) mass is 227 g/mol. The van der Waals surface area contributed by atoms with E-state index in [2.05, 4.69) is 17.2 Å². The number of aromatic nitrogens is 1. The third-order valence-electron chi connectivity index (χ3n) is 2.04. The van der Waals surface area contributed by atoms with Crippen LogP contribution < -0.4 is 11.1 Å². The first-order valence-corrected chi connectivity index (χ1v) is 6.58. The number of anilines is 2. The van der Waals surface area contributed by atoms with Gasteiger partial charge in [0.05, 0.1) is 11.9 Å². The number of hydrogen-bond donors (Lipinski definition) is 2. The molecule has 1 aromatic rings. The van der Waals surface area contributed by atoms with Gasteiger partial charge in [0.25, 0.3) is 0 Å². The van der Waals surface area contributed by atoms with E-state index in [-0.39, 0.29) is 0 Å². The molecule has 0 saturated heterocycles. The van der Waals surface area contributed by atoms with Crippen LogP contribution in [0, 0.1) is 0 Å². The van der Waals surface area contributed by atoms with Crippen LogP contribution >= 0.6 is 0 Å². The molecule has 5 heteroatoms. The van der Waals surface area contributed by atoms with Gasteiger partial charge in [0, 0.05) is 28.9 Å². The van der Waals surface area contributed by atoms with E-state index in [1.807, 2.05) is 6.07 Å². The van der Waals surface area contributed by atoms with Crippen LogP contribution in [0.1, 0.15) is 13.3 Å². The maximum Gasteiger partial charge on any atom is 0.123 e. The van der Waals surface area contributed by atoms with Gasteiger partial charge in [-0.25, -0.2) is 4.98 Å². The largest absolute Gasteiger partial charge is 0.384 e. The molecule has 0 aliphatic carbocycles. The quantitative estimate of drug-likeness (QED) is 0.794. The molecule has 0 saturated carbocycles. The SMILES string of the molecule is CC(CCS(C)=O)Nc1ccc(N)nc1. The number of nitrogen functional groups attached to an aromatic ring is 1. The summed E-state index contributed by atoms with van der Waals surface area (Å²) in [4.78, 5) is 3.98. The Kier molecular flexibility index (Phi) is 4.55. The highest BCUT2D eigenvalue weighted by molar-refractivity contribution is 7.84. The summed E-state index contributed by atoms with van der Waals surface area (Å²) in [5, 5.41) is 3.27. The van der Waals surface area contributed by atoms with Crippen LogP contribution in [0.25, 0.3) is 0 Å². The van der Waals surface area contributed by atoms with Gasteiger partial charge in [-0.1, -0.05) is 0 Å². The zero-order valence-corrected chi connectivity index (χ0v) is 9.88. The maximum atomic E-state index is 10.9. The van der Waals surface area contributed by atoms with Crippen molar-refractivity contribution < 1.29 is 4.21 Å². The molecule has 3 N–H and O–H groups in total. The molecule has 0 amide bonds. The van der Waals surface area contributed by atoms with Gasteiger partial charge in [-0.3, -0.25) is 4.21 Å². The van der Waals surface area contributed by atoms with Crippen molar-refractivity contribution in [3.8, 4) is 0 Å². The first kappa shape index (κ1) is 12.0. The van der Waals surface area contributed by atoms with Crippen LogP contribution in [-0.2, 0) is 10.8 Å². The fourth-order valence-electron chi connectivity index (χ4n) is 1.19. The molecular weight excluding hydrogens is 210 g/mol. The zero-order valence-electron chi connectivity index (χ0n) is 9.06. The van der Waals surface area contributed by atoms with E-state index in [9.17, 15) is 4.21 Å². The van der Waals surface area contributed by atoms with E-state index in [0.717, 1.165) is 17.9 Å². The normalized spacial score (nSPS) is 14.5. The third-order valence-corrected chi connectivity index (χ3v) is 2.85. The highest BCUT2D eigenvalue weighted by Crippen LogP contribution is 2.09. The lowest BCUT2D eigenvalue weighted by atomic mass is 10.2. The molecule has 0 fully saturated rings. The van der Waals surface area contributed by atoms with Crippen molar-refractivity contribution in [1.29, 1.82) is 0 Å². The Hall–Kier alpha value is -1.10. The molecule has 0 aliphatic heterocycles. The molecule has 1 rings (SSSR count). The first-order valence-electron chi connectivity index (χ1n) is 4.86. The molecule has 2 atom stereocenters. The summed E-state index contributed by atoms with van der Waals surface area (Å²) in [6, 6.07) is 3.94. The average Bonchev–Trinajstić information content (AvgIpc) is 2.19. The van der Waals surface area contributed by atoms with Crippen molar-refractivity contribution in [2.24, 2.45) is 0 Å². The van der Waals surface area contributed by atoms with Gasteiger partial charge < -0.3 is 11.1 Å². The Balaban J connectivity index is 2.40. The molecule has 0 aliphatic rings. The van der Waals surface area contributed by atoms with E-state index in [0.29, 0.717) is 11.9 Å². The van der Waals surface area contributed by atoms with Gasteiger partial charge in [0.2, 0.25) is 0 Å². The van der Waals surface area contributed by atoms with Gasteiger partial charge in [-0.05, 0) is 25.5 Å². The molecule has 0 radical (unpaired) electrons. The minimum absolute atomic E-state index is 0.291. The van der Waals surface area contributed by atoms with E-state index in [1.165, 1.54) is 0 Å². The zero-order chi connectivity index (χ0) is 11.3. The molecule has 0 aromatic carbocycles. The lowest BCUT2D eigenvalue weighted by Gasteiger charge is -2.14. The van der Waals surface area contributed by atoms with Crippen molar-refractivity contribution in [3.63, 3.8) is 0 Å². The predicted octanol–water partition coefficient (Wildman–Crippen LogP) is 1.23. The second kappa shape index (κ2) is 5.70. The fraction of sp³-hybridized carbons (Fsp3) is 0.500. The Morgan fingerprint density at radius 1 is 1.60 bits per heavy atom. The standard InChI is InChI=1S/C10H17N3OS/c1-8(5-6-15(2)14)13-9-3-4-10(11)12-7-9/h3-4,7-8,13H,5-6H2,1-2H3,(H2,11,12). The molecule has 15 heavy (non-hydrogen) atoms. The average molecular weight is 227 g/mol. The highest BCUT2D eigenvalue weighted by Gasteiger charge is 2.03. The summed E-state index contributed by atoms with van der Waals surface area (Å²) in [5.41, 5.74) is 6.42. The number of nitrogens with one attached hydrogen (secondary N) is 1. The van der Waals surface area contributed by atoms with Crippen molar-refractivity contribution in [2.45, 2.75) is 19.4 Å². The van der Waals surface area contributed by atoms with Gasteiger partial charge in [-0.15, -0.1) is 0 Å². The van der Waals surface area contributed by atoms with Crippen LogP contribution in [0.3, 0.4) is 0 Å². The summed E-state index contributed by atoms with van der Waals surface area (Å²) in [6.45, 7) is 2.06. The molecule has 0 spiro atoms. The molecule has 0 bridgehead atoms. The van der Waals surface area contributed by atoms with Crippen LogP contribution in [0.2, 0.25) is 0 Å². The third kappa shape index (κ3) is 4.78. The number of pyridine rings is 1. The minimum atomic E-state index is -0.723. The summed E-state index contributed by atoms with van der Waals surface area (Å²) in [6.07, 6.45) is 4.31. The van der Waals surface area contributed by atoms with Crippen molar-refractivity contribution in [3.05, 3.63) is 18.3 Å². The number of nitrogens with zero attached hydrogens (tertiary/aromatic N) is 1. The summed E-state index contributed by atoms with van der Waals surface area (Å²) < 4.78 is 10.9. The Labute approximate surface area is 92.7 Å². The molecule has 2 unspecified atom stereocenters. The van der Waals surface area contributed by atoms with E-state index < -0.39 is 10.8 Å². The Morgan fingerprint density at radius 2 is 2.33 bits per heavy atom. The second-order valence-electron chi connectivity index (χ2n) is 3.58. The van der Waals surface area contributed by atoms with Crippen molar-refractivity contribution >= 4 is 22.3 Å². The van der Waals surface area contributed by atoms with E-state index in [1.54, 1.807) is 18.5 Å². The molecular formula is C10H17N3OS. The van der Waals surface area contributed by atoms with Crippen LogP contribution in [0.4, 0.5) is 11.5 Å². The van der Waals surface area contributed by atoms with E-state index in [4.69, 9.17) is 5.73 Å². The smallest absolute Gasteiger partial charge is 0.123 e. The lowest BCUT2D eigenvalue weighted by molar-refractivity contribution is 0.678. The van der Waals surface area contributed by atoms with Crippen LogP contribution in [0.15, 0.2) is 18.3 Å².